The summed E-state index contributed by atoms with van der Waals surface area (Å²) in [5.74, 6) is -0.648. The molecule has 1 N–H and O–H groups in total. The second kappa shape index (κ2) is 4.02. The number of aromatic nitrogens is 2. The largest absolute Gasteiger partial charge is 0.467 e. The lowest BCUT2D eigenvalue weighted by Gasteiger charge is -2.26. The van der Waals surface area contributed by atoms with Crippen LogP contribution in [0.5, 0.6) is 0 Å². The summed E-state index contributed by atoms with van der Waals surface area (Å²) in [4.78, 5) is 15.4. The number of ether oxygens (including phenoxy) is 1. The highest BCUT2D eigenvalue weighted by Gasteiger charge is 2.37. The van der Waals surface area contributed by atoms with Gasteiger partial charge in [-0.1, -0.05) is 13.8 Å². The highest BCUT2D eigenvalue weighted by atomic mass is 16.5. The van der Waals surface area contributed by atoms with E-state index in [2.05, 4.69) is 9.72 Å². The van der Waals surface area contributed by atoms with Crippen LogP contribution in [0.1, 0.15) is 19.5 Å². The number of carbonyl (C=O) groups is 1. The molecule has 1 aromatic heterocycles. The lowest BCUT2D eigenvalue weighted by molar-refractivity contribution is -0.153. The molecular weight excluding hydrogens is 196 g/mol. The van der Waals surface area contributed by atoms with Crippen molar-refractivity contribution in [2.75, 3.05) is 7.11 Å². The third-order valence-corrected chi connectivity index (χ3v) is 2.47. The Labute approximate surface area is 88.7 Å². The van der Waals surface area contributed by atoms with Crippen LogP contribution in [0.25, 0.3) is 0 Å². The summed E-state index contributed by atoms with van der Waals surface area (Å²) in [6.07, 6.45) is 2.19. The van der Waals surface area contributed by atoms with Crippen molar-refractivity contribution in [2.24, 2.45) is 7.05 Å². The molecule has 1 rings (SSSR count). The van der Waals surface area contributed by atoms with Crippen molar-refractivity contribution in [2.45, 2.75) is 25.4 Å². The van der Waals surface area contributed by atoms with Crippen LogP contribution in [0.2, 0.25) is 0 Å². The summed E-state index contributed by atoms with van der Waals surface area (Å²) >= 11 is 0. The van der Waals surface area contributed by atoms with Gasteiger partial charge in [-0.3, -0.25) is 0 Å². The fourth-order valence-corrected chi connectivity index (χ4v) is 1.29. The van der Waals surface area contributed by atoms with Crippen LogP contribution in [0, 0.1) is 0 Å². The van der Waals surface area contributed by atoms with Gasteiger partial charge in [-0.25, -0.2) is 9.78 Å². The topological polar surface area (TPSA) is 64.3 Å². The van der Waals surface area contributed by atoms with Crippen molar-refractivity contribution in [1.82, 2.24) is 9.55 Å². The van der Waals surface area contributed by atoms with Crippen molar-refractivity contribution in [3.8, 4) is 0 Å². The summed E-state index contributed by atoms with van der Waals surface area (Å²) in [6.45, 7) is 3.49. The van der Waals surface area contributed by atoms with E-state index in [4.69, 9.17) is 0 Å². The first kappa shape index (κ1) is 11.7. The summed E-state index contributed by atoms with van der Waals surface area (Å²) in [5.41, 5.74) is -0.100. The predicted octanol–water partition coefficient (Wildman–Crippen LogP) is 0.232. The molecule has 5 heteroatoms. The maximum absolute atomic E-state index is 11.2. The number of carbonyl (C=O) groups excluding carboxylic acids is 1. The molecular formula is C10H16N2O3. The molecule has 1 heterocycles. The Balaban J connectivity index is 2.96. The van der Waals surface area contributed by atoms with E-state index in [-0.39, 0.29) is 0 Å². The minimum atomic E-state index is -1.21. The molecule has 5 nitrogen and oxygen atoms in total. The number of esters is 1. The molecule has 0 amide bonds. The fraction of sp³-hybridized carbons (Fsp3) is 0.600. The highest BCUT2D eigenvalue weighted by molar-refractivity contribution is 5.76. The van der Waals surface area contributed by atoms with Gasteiger partial charge in [0, 0.05) is 18.7 Å². The SMILES string of the molecule is COC(=O)C(O)C(C)(C)c1cn(C)cn1. The van der Waals surface area contributed by atoms with Gasteiger partial charge >= 0.3 is 5.97 Å². The minimum absolute atomic E-state index is 0.648. The molecule has 0 aliphatic carbocycles. The van der Waals surface area contributed by atoms with E-state index in [9.17, 15) is 9.90 Å². The maximum Gasteiger partial charge on any atom is 0.335 e. The van der Waals surface area contributed by atoms with E-state index in [1.807, 2.05) is 7.05 Å². The molecule has 0 saturated carbocycles. The van der Waals surface area contributed by atoms with Crippen molar-refractivity contribution in [1.29, 1.82) is 0 Å². The Kier molecular flexibility index (Phi) is 3.14. The van der Waals surface area contributed by atoms with Gasteiger partial charge in [0.15, 0.2) is 6.10 Å². The first-order valence-corrected chi connectivity index (χ1v) is 4.64. The van der Waals surface area contributed by atoms with E-state index in [0.717, 1.165) is 0 Å². The summed E-state index contributed by atoms with van der Waals surface area (Å²) in [5, 5.41) is 9.78. The Morgan fingerprint density at radius 1 is 1.67 bits per heavy atom. The molecule has 0 bridgehead atoms. The number of aryl methyl sites for hydroxylation is 1. The first-order valence-electron chi connectivity index (χ1n) is 4.64. The van der Waals surface area contributed by atoms with Crippen LogP contribution >= 0.6 is 0 Å². The zero-order valence-corrected chi connectivity index (χ0v) is 9.39. The van der Waals surface area contributed by atoms with E-state index in [0.29, 0.717) is 5.69 Å². The molecule has 0 aromatic carbocycles. The normalized spacial score (nSPS) is 13.7. The van der Waals surface area contributed by atoms with Crippen molar-refractivity contribution in [3.05, 3.63) is 18.2 Å². The quantitative estimate of drug-likeness (QED) is 0.728. The van der Waals surface area contributed by atoms with Gasteiger partial charge in [-0.15, -0.1) is 0 Å². The molecule has 1 aromatic rings. The predicted molar refractivity (Wildman–Crippen MR) is 54.3 cm³/mol. The average Bonchev–Trinajstić information content (AvgIpc) is 2.63. The second-order valence-electron chi connectivity index (χ2n) is 4.07. The van der Waals surface area contributed by atoms with Gasteiger partial charge in [0.2, 0.25) is 0 Å². The molecule has 84 valence electrons. The molecule has 0 aliphatic rings. The summed E-state index contributed by atoms with van der Waals surface area (Å²) in [6, 6.07) is 0. The van der Waals surface area contributed by atoms with Gasteiger partial charge in [0.25, 0.3) is 0 Å². The smallest absolute Gasteiger partial charge is 0.335 e. The molecule has 15 heavy (non-hydrogen) atoms. The number of hydrogen-bond donors (Lipinski definition) is 1. The number of aliphatic hydroxyl groups is 1. The average molecular weight is 212 g/mol. The highest BCUT2D eigenvalue weighted by Crippen LogP contribution is 2.26. The zero-order valence-electron chi connectivity index (χ0n) is 9.39. The molecule has 0 spiro atoms. The lowest BCUT2D eigenvalue weighted by atomic mass is 9.83. The van der Waals surface area contributed by atoms with Crippen molar-refractivity contribution in [3.63, 3.8) is 0 Å². The maximum atomic E-state index is 11.2. The number of rotatable bonds is 3. The molecule has 1 atom stereocenters. The van der Waals surface area contributed by atoms with E-state index in [1.165, 1.54) is 7.11 Å². The van der Waals surface area contributed by atoms with Crippen LogP contribution in [0.4, 0.5) is 0 Å². The Bertz CT molecular complexity index is 357. The molecule has 1 unspecified atom stereocenters. The standard InChI is InChI=1S/C10H16N2O3/c1-10(2,8(13)9(14)15-4)7-5-12(3)6-11-7/h5-6,8,13H,1-4H3. The number of aliphatic hydroxyl groups excluding tert-OH is 1. The van der Waals surface area contributed by atoms with E-state index < -0.39 is 17.5 Å². The monoisotopic (exact) mass is 212 g/mol. The Morgan fingerprint density at radius 2 is 2.27 bits per heavy atom. The molecule has 0 radical (unpaired) electrons. The number of methoxy groups -OCH3 is 1. The van der Waals surface area contributed by atoms with Crippen molar-refractivity contribution >= 4 is 5.97 Å². The van der Waals surface area contributed by atoms with Crippen LogP contribution in [0.3, 0.4) is 0 Å². The number of nitrogens with zero attached hydrogens (tertiary/aromatic N) is 2. The fourth-order valence-electron chi connectivity index (χ4n) is 1.29. The van der Waals surface area contributed by atoms with E-state index >= 15 is 0 Å². The van der Waals surface area contributed by atoms with E-state index in [1.54, 1.807) is 30.9 Å². The van der Waals surface area contributed by atoms with Gasteiger partial charge in [-0.2, -0.15) is 0 Å². The number of hydrogen-bond acceptors (Lipinski definition) is 4. The van der Waals surface area contributed by atoms with Crippen LogP contribution in [-0.2, 0) is 22.0 Å². The molecule has 0 fully saturated rings. The van der Waals surface area contributed by atoms with Gasteiger partial charge in [0.05, 0.1) is 19.1 Å². The van der Waals surface area contributed by atoms with Crippen LogP contribution in [0.15, 0.2) is 12.5 Å². The van der Waals surface area contributed by atoms with Gasteiger partial charge < -0.3 is 14.4 Å². The summed E-state index contributed by atoms with van der Waals surface area (Å²) < 4.78 is 6.27. The first-order chi connectivity index (χ1) is 6.89. The third-order valence-electron chi connectivity index (χ3n) is 2.47. The van der Waals surface area contributed by atoms with Crippen molar-refractivity contribution < 1.29 is 14.6 Å². The molecule has 0 saturated heterocycles. The minimum Gasteiger partial charge on any atom is -0.467 e. The van der Waals surface area contributed by atoms with Gasteiger partial charge in [-0.05, 0) is 0 Å². The lowest BCUT2D eigenvalue weighted by Crippen LogP contribution is -2.40. The molecule has 0 aliphatic heterocycles. The Hall–Kier alpha value is -1.36. The van der Waals surface area contributed by atoms with Crippen LogP contribution < -0.4 is 0 Å². The Morgan fingerprint density at radius 3 is 2.67 bits per heavy atom. The third kappa shape index (κ3) is 2.18. The zero-order chi connectivity index (χ0) is 11.6. The number of imidazole rings is 1. The van der Waals surface area contributed by atoms with Crippen LogP contribution in [-0.4, -0.2) is 33.8 Å². The van der Waals surface area contributed by atoms with Gasteiger partial charge in [0.1, 0.15) is 0 Å². The second-order valence-corrected chi connectivity index (χ2v) is 4.07. The summed E-state index contributed by atoms with van der Waals surface area (Å²) in [7, 11) is 3.08.